The molecule has 2 aliphatic rings. The van der Waals surface area contributed by atoms with Crippen LogP contribution in [-0.2, 0) is 11.2 Å². The van der Waals surface area contributed by atoms with Gasteiger partial charge in [0.15, 0.2) is 0 Å². The molecule has 122 valence electrons. The number of carbonyl (C=O) groups excluding carboxylic acids is 1. The number of nitrogens with zero attached hydrogens (tertiary/aromatic N) is 2. The Kier molecular flexibility index (Phi) is 2.89. The van der Waals surface area contributed by atoms with E-state index in [1.165, 1.54) is 10.9 Å². The second-order valence-corrected chi connectivity index (χ2v) is 6.54. The van der Waals surface area contributed by atoms with Gasteiger partial charge >= 0.3 is 6.09 Å². The van der Waals surface area contributed by atoms with E-state index in [1.807, 2.05) is 29.2 Å². The number of fused-ring (bicyclic) bond motifs is 4. The van der Waals surface area contributed by atoms with Gasteiger partial charge in [-0.2, -0.15) is 5.26 Å². The van der Waals surface area contributed by atoms with Crippen LogP contribution in [0.1, 0.15) is 28.4 Å². The number of amides is 1. The van der Waals surface area contributed by atoms with Crippen LogP contribution in [0.2, 0.25) is 0 Å². The van der Waals surface area contributed by atoms with Gasteiger partial charge in [-0.15, -0.1) is 0 Å². The third kappa shape index (κ3) is 1.97. The smallest absolute Gasteiger partial charge is 0.411 e. The largest absolute Gasteiger partial charge is 0.447 e. The minimum atomic E-state index is -0.274. The molecule has 3 aromatic rings. The van der Waals surface area contributed by atoms with Crippen molar-refractivity contribution in [3.63, 3.8) is 0 Å². The minimum absolute atomic E-state index is 0.0415. The van der Waals surface area contributed by atoms with Crippen molar-refractivity contribution in [1.82, 2.24) is 9.88 Å². The number of ether oxygens (including phenoxy) is 1. The molecule has 5 nitrogen and oxygen atoms in total. The normalized spacial score (nSPS) is 21.6. The molecule has 1 N–H and O–H groups in total. The highest BCUT2D eigenvalue weighted by Gasteiger charge is 2.45. The third-order valence-corrected chi connectivity index (χ3v) is 5.20. The summed E-state index contributed by atoms with van der Waals surface area (Å²) in [5.74, 6) is 0. The summed E-state index contributed by atoms with van der Waals surface area (Å²) >= 11 is 0. The summed E-state index contributed by atoms with van der Waals surface area (Å²) in [5, 5.41) is 10.2. The monoisotopic (exact) mass is 329 g/mol. The topological polar surface area (TPSA) is 69.1 Å². The molecule has 25 heavy (non-hydrogen) atoms. The number of hydrogen-bond acceptors (Lipinski definition) is 3. The number of hydrogen-bond donors (Lipinski definition) is 1. The lowest BCUT2D eigenvalue weighted by Gasteiger charge is -2.35. The molecule has 2 aliphatic heterocycles. The number of nitrogens with one attached hydrogen (secondary N) is 1. The summed E-state index contributed by atoms with van der Waals surface area (Å²) in [4.78, 5) is 17.7. The Morgan fingerprint density at radius 1 is 1.16 bits per heavy atom. The fraction of sp³-hybridized carbons (Fsp3) is 0.200. The predicted molar refractivity (Wildman–Crippen MR) is 92.0 cm³/mol. The molecule has 5 heteroatoms. The number of rotatable bonds is 1. The zero-order valence-electron chi connectivity index (χ0n) is 13.4. The van der Waals surface area contributed by atoms with Gasteiger partial charge in [0.2, 0.25) is 0 Å². The summed E-state index contributed by atoms with van der Waals surface area (Å²) < 4.78 is 5.33. The van der Waals surface area contributed by atoms with Crippen LogP contribution in [0.25, 0.3) is 10.9 Å². The number of H-pyrrole nitrogens is 1. The second kappa shape index (κ2) is 5.12. The van der Waals surface area contributed by atoms with E-state index in [-0.39, 0.29) is 18.2 Å². The maximum absolute atomic E-state index is 12.4. The molecule has 0 aliphatic carbocycles. The van der Waals surface area contributed by atoms with Crippen LogP contribution in [-0.4, -0.2) is 28.6 Å². The van der Waals surface area contributed by atoms with E-state index in [1.54, 1.807) is 12.1 Å². The summed E-state index contributed by atoms with van der Waals surface area (Å²) in [5.41, 5.74) is 4.97. The second-order valence-electron chi connectivity index (χ2n) is 6.54. The fourth-order valence-corrected chi connectivity index (χ4v) is 4.06. The first-order valence-corrected chi connectivity index (χ1v) is 8.31. The number of benzene rings is 2. The van der Waals surface area contributed by atoms with Gasteiger partial charge < -0.3 is 9.72 Å². The Morgan fingerprint density at radius 2 is 1.96 bits per heavy atom. The molecule has 1 unspecified atom stereocenters. The van der Waals surface area contributed by atoms with Crippen molar-refractivity contribution >= 4 is 17.0 Å². The molecule has 1 fully saturated rings. The summed E-state index contributed by atoms with van der Waals surface area (Å²) in [6.45, 7) is 0.421. The molecule has 1 amide bonds. The lowest BCUT2D eigenvalue weighted by molar-refractivity contribution is 0.147. The van der Waals surface area contributed by atoms with Gasteiger partial charge in [0.1, 0.15) is 12.6 Å². The van der Waals surface area contributed by atoms with Crippen molar-refractivity contribution in [1.29, 1.82) is 5.26 Å². The van der Waals surface area contributed by atoms with Crippen LogP contribution < -0.4 is 0 Å². The average molecular weight is 329 g/mol. The number of aromatic nitrogens is 1. The first-order chi connectivity index (χ1) is 12.3. The number of nitriles is 1. The van der Waals surface area contributed by atoms with E-state index in [4.69, 9.17) is 10.00 Å². The zero-order valence-corrected chi connectivity index (χ0v) is 13.4. The highest BCUT2D eigenvalue weighted by Crippen LogP contribution is 2.42. The van der Waals surface area contributed by atoms with E-state index >= 15 is 0 Å². The fourth-order valence-electron chi connectivity index (χ4n) is 4.06. The predicted octanol–water partition coefficient (Wildman–Crippen LogP) is 3.51. The van der Waals surface area contributed by atoms with Gasteiger partial charge in [0.25, 0.3) is 0 Å². The van der Waals surface area contributed by atoms with Gasteiger partial charge in [-0.05, 0) is 35.7 Å². The molecule has 0 spiro atoms. The van der Waals surface area contributed by atoms with Crippen LogP contribution in [0, 0.1) is 11.3 Å². The van der Waals surface area contributed by atoms with Crippen molar-refractivity contribution in [2.45, 2.75) is 18.5 Å². The maximum atomic E-state index is 12.4. The van der Waals surface area contributed by atoms with Crippen molar-refractivity contribution in [3.05, 3.63) is 70.9 Å². The molecular weight excluding hydrogens is 314 g/mol. The standard InChI is InChI=1S/C20H15N3O2/c21-10-12-5-7-13(8-6-12)19-18-16(9-14-11-25-20(24)23(14)19)15-3-1-2-4-17(15)22-18/h1-8,14,19,22H,9,11H2/t14?,19-/m1/s1. The molecule has 0 bridgehead atoms. The molecule has 1 aromatic heterocycles. The Morgan fingerprint density at radius 3 is 2.76 bits per heavy atom. The number of carbonyl (C=O) groups is 1. The number of aromatic amines is 1. The number of para-hydroxylation sites is 1. The summed E-state index contributed by atoms with van der Waals surface area (Å²) in [7, 11) is 0. The Balaban J connectivity index is 1.73. The molecule has 2 atom stereocenters. The highest BCUT2D eigenvalue weighted by molar-refractivity contribution is 5.86. The number of cyclic esters (lactones) is 1. The molecule has 0 radical (unpaired) electrons. The molecule has 0 saturated carbocycles. The van der Waals surface area contributed by atoms with E-state index < -0.39 is 0 Å². The lowest BCUT2D eigenvalue weighted by atomic mass is 9.89. The average Bonchev–Trinajstić information content (AvgIpc) is 3.21. The Hall–Kier alpha value is -3.26. The van der Waals surface area contributed by atoms with E-state index in [2.05, 4.69) is 23.2 Å². The third-order valence-electron chi connectivity index (χ3n) is 5.20. The highest BCUT2D eigenvalue weighted by atomic mass is 16.6. The van der Waals surface area contributed by atoms with Crippen LogP contribution in [0.4, 0.5) is 4.79 Å². The quantitative estimate of drug-likeness (QED) is 0.743. The molecule has 3 heterocycles. The molecule has 2 aromatic carbocycles. The first-order valence-electron chi connectivity index (χ1n) is 8.31. The zero-order chi connectivity index (χ0) is 17.0. The van der Waals surface area contributed by atoms with E-state index in [0.29, 0.717) is 12.2 Å². The van der Waals surface area contributed by atoms with Gasteiger partial charge in [0.05, 0.1) is 17.7 Å². The summed E-state index contributed by atoms with van der Waals surface area (Å²) in [6.07, 6.45) is 0.515. The van der Waals surface area contributed by atoms with Gasteiger partial charge in [-0.3, -0.25) is 4.90 Å². The van der Waals surface area contributed by atoms with Crippen molar-refractivity contribution < 1.29 is 9.53 Å². The SMILES string of the molecule is N#Cc1ccc([C@@H]2c3[nH]c4ccccc4c3CC3COC(=O)N32)cc1. The first kappa shape index (κ1) is 14.1. The Bertz CT molecular complexity index is 1030. The van der Waals surface area contributed by atoms with Crippen molar-refractivity contribution in [3.8, 4) is 6.07 Å². The lowest BCUT2D eigenvalue weighted by Crippen LogP contribution is -2.42. The van der Waals surface area contributed by atoms with Crippen molar-refractivity contribution in [2.75, 3.05) is 6.61 Å². The minimum Gasteiger partial charge on any atom is -0.447 e. The molecular formula is C20H15N3O2. The van der Waals surface area contributed by atoms with Gasteiger partial charge in [0, 0.05) is 16.6 Å². The van der Waals surface area contributed by atoms with Crippen LogP contribution in [0.5, 0.6) is 0 Å². The van der Waals surface area contributed by atoms with Gasteiger partial charge in [-0.25, -0.2) is 4.79 Å². The molecule has 5 rings (SSSR count). The van der Waals surface area contributed by atoms with E-state index in [9.17, 15) is 4.79 Å². The summed E-state index contributed by atoms with van der Waals surface area (Å²) in [6, 6.07) is 17.6. The van der Waals surface area contributed by atoms with Crippen LogP contribution >= 0.6 is 0 Å². The van der Waals surface area contributed by atoms with E-state index in [0.717, 1.165) is 23.2 Å². The van der Waals surface area contributed by atoms with Gasteiger partial charge in [-0.1, -0.05) is 30.3 Å². The van der Waals surface area contributed by atoms with Crippen LogP contribution in [0.15, 0.2) is 48.5 Å². The van der Waals surface area contributed by atoms with Crippen molar-refractivity contribution in [2.24, 2.45) is 0 Å². The van der Waals surface area contributed by atoms with Crippen LogP contribution in [0.3, 0.4) is 0 Å². The molecule has 1 saturated heterocycles. The Labute approximate surface area is 144 Å². The maximum Gasteiger partial charge on any atom is 0.411 e.